The molecular formula is C15H28N2O3S. The number of nitrogens with zero attached hydrogens (tertiary/aromatic N) is 1. The number of hydrogen-bond donors (Lipinski definition) is 2. The fraction of sp³-hybridized carbons (Fsp3) is 0.867. The molecule has 0 aliphatic carbocycles. The van der Waals surface area contributed by atoms with Crippen LogP contribution in [0.5, 0.6) is 0 Å². The van der Waals surface area contributed by atoms with Crippen molar-refractivity contribution in [2.24, 2.45) is 5.92 Å². The number of aliphatic carboxylic acids is 1. The molecule has 1 fully saturated rings. The number of amides is 2. The van der Waals surface area contributed by atoms with Crippen molar-refractivity contribution in [1.29, 1.82) is 0 Å². The van der Waals surface area contributed by atoms with E-state index in [0.717, 1.165) is 25.7 Å². The molecule has 2 amide bonds. The number of carboxylic acid groups (broad SMARTS) is 1. The fourth-order valence-electron chi connectivity index (χ4n) is 2.44. The van der Waals surface area contributed by atoms with Crippen molar-refractivity contribution >= 4 is 23.8 Å². The van der Waals surface area contributed by atoms with Crippen molar-refractivity contribution in [1.82, 2.24) is 10.2 Å². The van der Waals surface area contributed by atoms with E-state index in [1.807, 2.05) is 6.92 Å². The molecular weight excluding hydrogens is 288 g/mol. The van der Waals surface area contributed by atoms with Gasteiger partial charge in [0.2, 0.25) is 0 Å². The van der Waals surface area contributed by atoms with E-state index >= 15 is 0 Å². The van der Waals surface area contributed by atoms with Crippen LogP contribution in [-0.4, -0.2) is 45.2 Å². The first-order valence-electron chi connectivity index (χ1n) is 7.80. The highest BCUT2D eigenvalue weighted by Crippen LogP contribution is 2.32. The molecule has 2 N–H and O–H groups in total. The van der Waals surface area contributed by atoms with E-state index in [9.17, 15) is 14.7 Å². The third-order valence-corrected chi connectivity index (χ3v) is 5.05. The molecule has 0 aromatic rings. The van der Waals surface area contributed by atoms with Crippen molar-refractivity contribution in [2.75, 3.05) is 5.75 Å². The van der Waals surface area contributed by atoms with Gasteiger partial charge < -0.3 is 10.4 Å². The summed E-state index contributed by atoms with van der Waals surface area (Å²) in [5, 5.41) is 12.2. The van der Waals surface area contributed by atoms with Crippen LogP contribution < -0.4 is 5.32 Å². The van der Waals surface area contributed by atoms with Crippen molar-refractivity contribution in [3.8, 4) is 0 Å². The Labute approximate surface area is 131 Å². The lowest BCUT2D eigenvalue weighted by molar-refractivity contribution is -0.141. The van der Waals surface area contributed by atoms with Gasteiger partial charge in [-0.05, 0) is 32.1 Å². The summed E-state index contributed by atoms with van der Waals surface area (Å²) in [6.45, 7) is 8.34. The predicted molar refractivity (Wildman–Crippen MR) is 86.5 cm³/mol. The lowest BCUT2D eigenvalue weighted by Gasteiger charge is -2.29. The second-order valence-electron chi connectivity index (χ2n) is 6.16. The molecule has 1 rings (SSSR count). The number of rotatable bonds is 7. The highest BCUT2D eigenvalue weighted by atomic mass is 32.2. The Morgan fingerprint density at radius 3 is 2.52 bits per heavy atom. The molecule has 0 spiro atoms. The van der Waals surface area contributed by atoms with E-state index in [1.54, 1.807) is 11.8 Å². The van der Waals surface area contributed by atoms with Gasteiger partial charge in [-0.1, -0.05) is 27.2 Å². The molecule has 0 radical (unpaired) electrons. The van der Waals surface area contributed by atoms with Crippen molar-refractivity contribution < 1.29 is 14.7 Å². The van der Waals surface area contributed by atoms with Gasteiger partial charge in [0.15, 0.2) is 0 Å². The van der Waals surface area contributed by atoms with Crippen LogP contribution in [-0.2, 0) is 4.79 Å². The molecule has 21 heavy (non-hydrogen) atoms. The van der Waals surface area contributed by atoms with Gasteiger partial charge >= 0.3 is 12.0 Å². The maximum absolute atomic E-state index is 12.4. The lowest BCUT2D eigenvalue weighted by atomic mass is 10.0. The second kappa shape index (κ2) is 8.51. The zero-order valence-corrected chi connectivity index (χ0v) is 14.3. The van der Waals surface area contributed by atoms with E-state index in [-0.39, 0.29) is 17.4 Å². The Morgan fingerprint density at radius 1 is 1.33 bits per heavy atom. The number of carbonyl (C=O) groups is 2. The zero-order valence-electron chi connectivity index (χ0n) is 13.5. The molecule has 5 nitrogen and oxygen atoms in total. The summed E-state index contributed by atoms with van der Waals surface area (Å²) in [6.07, 6.45) is 3.75. The Morgan fingerprint density at radius 2 is 2.00 bits per heavy atom. The van der Waals surface area contributed by atoms with Crippen molar-refractivity contribution in [3.63, 3.8) is 0 Å². The summed E-state index contributed by atoms with van der Waals surface area (Å²) in [5.74, 6) is 0.172. The normalized spacial score (nSPS) is 23.4. The number of nitrogens with one attached hydrogen (secondary N) is 1. The van der Waals surface area contributed by atoms with Gasteiger partial charge in [-0.15, -0.1) is 11.8 Å². The lowest BCUT2D eigenvalue weighted by Crippen LogP contribution is -2.52. The molecule has 3 atom stereocenters. The van der Waals surface area contributed by atoms with Crippen LogP contribution in [0.15, 0.2) is 0 Å². The SMILES string of the molecule is CCCC1SCC(C(=O)O)N1C(=O)NC(C)CCC(C)C. The summed E-state index contributed by atoms with van der Waals surface area (Å²) in [5.41, 5.74) is 0. The first-order valence-corrected chi connectivity index (χ1v) is 8.84. The molecule has 0 aromatic heterocycles. The number of thioether (sulfide) groups is 1. The van der Waals surface area contributed by atoms with Crippen LogP contribution in [0.2, 0.25) is 0 Å². The first kappa shape index (κ1) is 18.1. The predicted octanol–water partition coefficient (Wildman–Crippen LogP) is 3.15. The fourth-order valence-corrected chi connectivity index (χ4v) is 3.95. The molecule has 122 valence electrons. The Hall–Kier alpha value is -0.910. The maximum atomic E-state index is 12.4. The Kier molecular flexibility index (Phi) is 7.35. The molecule has 3 unspecified atom stereocenters. The number of urea groups is 1. The average Bonchev–Trinajstić information content (AvgIpc) is 2.80. The standard InChI is InChI=1S/C15H28N2O3S/c1-5-6-13-17(12(9-21-13)14(18)19)15(20)16-11(4)8-7-10(2)3/h10-13H,5-9H2,1-4H3,(H,16,20)(H,18,19). The maximum Gasteiger partial charge on any atom is 0.327 e. The summed E-state index contributed by atoms with van der Waals surface area (Å²) in [7, 11) is 0. The van der Waals surface area contributed by atoms with Gasteiger partial charge in [0.1, 0.15) is 6.04 Å². The van der Waals surface area contributed by atoms with Crippen LogP contribution >= 0.6 is 11.8 Å². The molecule has 0 saturated carbocycles. The average molecular weight is 316 g/mol. The van der Waals surface area contributed by atoms with Crippen LogP contribution in [0, 0.1) is 5.92 Å². The van der Waals surface area contributed by atoms with Gasteiger partial charge in [0.25, 0.3) is 0 Å². The topological polar surface area (TPSA) is 69.6 Å². The van der Waals surface area contributed by atoms with Crippen molar-refractivity contribution in [3.05, 3.63) is 0 Å². The van der Waals surface area contributed by atoms with E-state index in [1.165, 1.54) is 4.90 Å². The summed E-state index contributed by atoms with van der Waals surface area (Å²) in [4.78, 5) is 25.3. The summed E-state index contributed by atoms with van der Waals surface area (Å²) >= 11 is 1.57. The third-order valence-electron chi connectivity index (χ3n) is 3.69. The molecule has 1 aliphatic rings. The van der Waals surface area contributed by atoms with E-state index in [0.29, 0.717) is 11.7 Å². The van der Waals surface area contributed by atoms with E-state index in [4.69, 9.17) is 0 Å². The second-order valence-corrected chi connectivity index (χ2v) is 7.37. The van der Waals surface area contributed by atoms with Gasteiger partial charge in [-0.3, -0.25) is 4.90 Å². The van der Waals surface area contributed by atoms with Crippen LogP contribution in [0.25, 0.3) is 0 Å². The third kappa shape index (κ3) is 5.41. The van der Waals surface area contributed by atoms with E-state index in [2.05, 4.69) is 26.1 Å². The molecule has 0 bridgehead atoms. The largest absolute Gasteiger partial charge is 0.480 e. The van der Waals surface area contributed by atoms with Gasteiger partial charge in [0.05, 0.1) is 5.37 Å². The minimum absolute atomic E-state index is 0.0200. The van der Waals surface area contributed by atoms with E-state index < -0.39 is 12.0 Å². The van der Waals surface area contributed by atoms with Crippen LogP contribution in [0.1, 0.15) is 53.4 Å². The van der Waals surface area contributed by atoms with Gasteiger partial charge in [-0.2, -0.15) is 0 Å². The van der Waals surface area contributed by atoms with Gasteiger partial charge in [0, 0.05) is 11.8 Å². The number of carbonyl (C=O) groups excluding carboxylic acids is 1. The summed E-state index contributed by atoms with van der Waals surface area (Å²) < 4.78 is 0. The van der Waals surface area contributed by atoms with Gasteiger partial charge in [-0.25, -0.2) is 9.59 Å². The highest BCUT2D eigenvalue weighted by molar-refractivity contribution is 8.00. The minimum Gasteiger partial charge on any atom is -0.480 e. The molecule has 6 heteroatoms. The smallest absolute Gasteiger partial charge is 0.327 e. The summed E-state index contributed by atoms with van der Waals surface area (Å²) in [6, 6.07) is -0.867. The highest BCUT2D eigenvalue weighted by Gasteiger charge is 2.41. The molecule has 1 aliphatic heterocycles. The molecule has 0 aromatic carbocycles. The molecule has 1 heterocycles. The quantitative estimate of drug-likeness (QED) is 0.757. The number of carboxylic acids is 1. The Bertz CT molecular complexity index is 363. The van der Waals surface area contributed by atoms with Crippen LogP contribution in [0.4, 0.5) is 4.79 Å². The first-order chi connectivity index (χ1) is 9.86. The van der Waals surface area contributed by atoms with Crippen LogP contribution in [0.3, 0.4) is 0 Å². The van der Waals surface area contributed by atoms with Crippen molar-refractivity contribution in [2.45, 2.75) is 70.8 Å². The Balaban J connectivity index is 2.64. The zero-order chi connectivity index (χ0) is 16.0. The minimum atomic E-state index is -0.911. The molecule has 1 saturated heterocycles. The number of hydrogen-bond acceptors (Lipinski definition) is 3. The monoisotopic (exact) mass is 316 g/mol.